The second kappa shape index (κ2) is 9.27. The Morgan fingerprint density at radius 1 is 1.21 bits per heavy atom. The largest absolute Gasteiger partial charge is 0.387 e. The van der Waals surface area contributed by atoms with Gasteiger partial charge in [0.1, 0.15) is 0 Å². The Morgan fingerprint density at radius 3 is 2.62 bits per heavy atom. The highest BCUT2D eigenvalue weighted by atomic mass is 16.3. The maximum atomic E-state index is 11.7. The van der Waals surface area contributed by atoms with Crippen LogP contribution in [0.25, 0.3) is 0 Å². The van der Waals surface area contributed by atoms with Crippen molar-refractivity contribution in [2.24, 2.45) is 0 Å². The molecule has 132 valence electrons. The summed E-state index contributed by atoms with van der Waals surface area (Å²) in [5.41, 5.74) is 1.78. The van der Waals surface area contributed by atoms with Gasteiger partial charge in [-0.15, -0.1) is 0 Å². The number of aliphatic hydroxyl groups is 1. The fraction of sp³-hybridized carbons (Fsp3) is 0.556. The predicted octanol–water partition coefficient (Wildman–Crippen LogP) is 1.78. The summed E-state index contributed by atoms with van der Waals surface area (Å²) in [6.07, 6.45) is 3.98. The van der Waals surface area contributed by atoms with Gasteiger partial charge in [-0.3, -0.25) is 4.79 Å². The zero-order valence-corrected chi connectivity index (χ0v) is 14.2. The average molecular weight is 333 g/mol. The molecule has 0 radical (unpaired) electrons. The van der Waals surface area contributed by atoms with E-state index in [1.807, 2.05) is 31.2 Å². The van der Waals surface area contributed by atoms with Crippen LogP contribution in [0.15, 0.2) is 24.3 Å². The lowest BCUT2D eigenvalue weighted by atomic mass is 10.0. The van der Waals surface area contributed by atoms with E-state index in [-0.39, 0.29) is 31.4 Å². The summed E-state index contributed by atoms with van der Waals surface area (Å²) < 4.78 is 0. The van der Waals surface area contributed by atoms with Crippen molar-refractivity contribution in [1.29, 1.82) is 0 Å². The van der Waals surface area contributed by atoms with Gasteiger partial charge in [-0.25, -0.2) is 4.79 Å². The van der Waals surface area contributed by atoms with Gasteiger partial charge in [-0.2, -0.15) is 0 Å². The number of benzene rings is 1. The third-order valence-electron chi connectivity index (χ3n) is 4.36. The van der Waals surface area contributed by atoms with E-state index in [4.69, 9.17) is 0 Å². The van der Waals surface area contributed by atoms with Crippen LogP contribution in [-0.2, 0) is 4.79 Å². The molecule has 1 aliphatic carbocycles. The van der Waals surface area contributed by atoms with E-state index in [2.05, 4.69) is 16.0 Å². The van der Waals surface area contributed by atoms with Gasteiger partial charge >= 0.3 is 6.03 Å². The average Bonchev–Trinajstić information content (AvgIpc) is 3.06. The molecule has 0 saturated heterocycles. The number of carbonyl (C=O) groups excluding carboxylic acids is 2. The van der Waals surface area contributed by atoms with E-state index in [1.54, 1.807) is 0 Å². The van der Waals surface area contributed by atoms with Crippen LogP contribution in [-0.4, -0.2) is 36.2 Å². The lowest BCUT2D eigenvalue weighted by Gasteiger charge is -2.15. The van der Waals surface area contributed by atoms with Crippen molar-refractivity contribution in [3.05, 3.63) is 35.4 Å². The Labute approximate surface area is 143 Å². The van der Waals surface area contributed by atoms with Gasteiger partial charge in [-0.05, 0) is 30.9 Å². The summed E-state index contributed by atoms with van der Waals surface area (Å²) in [6.45, 7) is 2.33. The molecular formula is C18H27N3O3. The molecule has 1 fully saturated rings. The van der Waals surface area contributed by atoms with Crippen molar-refractivity contribution in [3.63, 3.8) is 0 Å². The number of aryl methyl sites for hydroxylation is 1. The topological polar surface area (TPSA) is 90.5 Å². The highest BCUT2D eigenvalue weighted by Gasteiger charge is 2.17. The molecule has 3 amide bonds. The molecule has 1 aromatic rings. The van der Waals surface area contributed by atoms with Crippen LogP contribution in [0.3, 0.4) is 0 Å². The molecule has 2 rings (SSSR count). The van der Waals surface area contributed by atoms with E-state index >= 15 is 0 Å². The molecule has 6 nitrogen and oxygen atoms in total. The normalized spacial score (nSPS) is 15.8. The van der Waals surface area contributed by atoms with Gasteiger partial charge in [0.05, 0.1) is 6.10 Å². The van der Waals surface area contributed by atoms with Crippen LogP contribution >= 0.6 is 0 Å². The molecule has 1 aliphatic rings. The Morgan fingerprint density at radius 2 is 1.92 bits per heavy atom. The molecule has 0 heterocycles. The lowest BCUT2D eigenvalue weighted by molar-refractivity contribution is -0.121. The fourth-order valence-corrected chi connectivity index (χ4v) is 2.98. The summed E-state index contributed by atoms with van der Waals surface area (Å²) in [6, 6.07) is 7.44. The molecule has 0 aliphatic heterocycles. The number of aliphatic hydroxyl groups excluding tert-OH is 1. The van der Waals surface area contributed by atoms with Gasteiger partial charge in [0.25, 0.3) is 0 Å². The van der Waals surface area contributed by atoms with E-state index in [0.29, 0.717) is 6.04 Å². The molecule has 0 spiro atoms. The Kier molecular flexibility index (Phi) is 7.06. The second-order valence-electron chi connectivity index (χ2n) is 6.31. The number of rotatable bonds is 7. The summed E-state index contributed by atoms with van der Waals surface area (Å²) in [4.78, 5) is 23.5. The van der Waals surface area contributed by atoms with Crippen molar-refractivity contribution < 1.29 is 14.7 Å². The van der Waals surface area contributed by atoms with Crippen molar-refractivity contribution in [1.82, 2.24) is 16.0 Å². The third kappa shape index (κ3) is 5.85. The minimum absolute atomic E-state index is 0.0258. The summed E-state index contributed by atoms with van der Waals surface area (Å²) in [5.74, 6) is -0.0258. The fourth-order valence-electron chi connectivity index (χ4n) is 2.98. The second-order valence-corrected chi connectivity index (χ2v) is 6.31. The smallest absolute Gasteiger partial charge is 0.314 e. The zero-order valence-electron chi connectivity index (χ0n) is 14.2. The van der Waals surface area contributed by atoms with Gasteiger partial charge in [-0.1, -0.05) is 37.1 Å². The van der Waals surface area contributed by atoms with Crippen molar-refractivity contribution in [2.45, 2.75) is 51.2 Å². The van der Waals surface area contributed by atoms with Gasteiger partial charge in [0.2, 0.25) is 5.91 Å². The molecule has 1 aromatic carbocycles. The van der Waals surface area contributed by atoms with Crippen molar-refractivity contribution >= 4 is 11.9 Å². The number of urea groups is 1. The zero-order chi connectivity index (χ0) is 17.4. The predicted molar refractivity (Wildman–Crippen MR) is 92.6 cm³/mol. The highest BCUT2D eigenvalue weighted by molar-refractivity contribution is 5.78. The van der Waals surface area contributed by atoms with E-state index in [1.165, 1.54) is 12.8 Å². The van der Waals surface area contributed by atoms with Crippen LogP contribution < -0.4 is 16.0 Å². The SMILES string of the molecule is Cc1ccccc1C(O)CNC(=O)NCCC(=O)NC1CCCC1. The first kappa shape index (κ1) is 18.3. The summed E-state index contributed by atoms with van der Waals surface area (Å²) >= 11 is 0. The van der Waals surface area contributed by atoms with Crippen LogP contribution in [0, 0.1) is 6.92 Å². The Balaban J connectivity index is 1.61. The first-order chi connectivity index (χ1) is 11.6. The molecule has 1 unspecified atom stereocenters. The third-order valence-corrected chi connectivity index (χ3v) is 4.36. The maximum Gasteiger partial charge on any atom is 0.314 e. The number of carbonyl (C=O) groups is 2. The standard InChI is InChI=1S/C18H27N3O3/c1-13-6-2-5-9-15(13)16(22)12-20-18(24)19-11-10-17(23)21-14-7-3-4-8-14/h2,5-6,9,14,16,22H,3-4,7-8,10-12H2,1H3,(H,21,23)(H2,19,20,24). The molecular weight excluding hydrogens is 306 g/mol. The van der Waals surface area contributed by atoms with Gasteiger partial charge in [0, 0.05) is 25.6 Å². The number of hydrogen-bond donors (Lipinski definition) is 4. The van der Waals surface area contributed by atoms with Crippen LogP contribution in [0.5, 0.6) is 0 Å². The molecule has 0 bridgehead atoms. The molecule has 24 heavy (non-hydrogen) atoms. The monoisotopic (exact) mass is 333 g/mol. The number of hydrogen-bond acceptors (Lipinski definition) is 3. The van der Waals surface area contributed by atoms with Gasteiger partial charge in [0.15, 0.2) is 0 Å². The minimum atomic E-state index is -0.748. The molecule has 6 heteroatoms. The molecule has 1 saturated carbocycles. The van der Waals surface area contributed by atoms with E-state index in [0.717, 1.165) is 24.0 Å². The first-order valence-corrected chi connectivity index (χ1v) is 8.61. The Hall–Kier alpha value is -2.08. The number of amides is 3. The summed E-state index contributed by atoms with van der Waals surface area (Å²) in [7, 11) is 0. The lowest BCUT2D eigenvalue weighted by Crippen LogP contribution is -2.40. The summed E-state index contributed by atoms with van der Waals surface area (Å²) in [5, 5.41) is 18.4. The van der Waals surface area contributed by atoms with Crippen molar-refractivity contribution in [3.8, 4) is 0 Å². The minimum Gasteiger partial charge on any atom is -0.387 e. The van der Waals surface area contributed by atoms with E-state index in [9.17, 15) is 14.7 Å². The molecule has 4 N–H and O–H groups in total. The Bertz CT molecular complexity index is 556. The molecule has 1 atom stereocenters. The first-order valence-electron chi connectivity index (χ1n) is 8.61. The number of nitrogens with one attached hydrogen (secondary N) is 3. The quantitative estimate of drug-likeness (QED) is 0.613. The molecule has 0 aromatic heterocycles. The highest BCUT2D eigenvalue weighted by Crippen LogP contribution is 2.17. The van der Waals surface area contributed by atoms with Crippen LogP contribution in [0.1, 0.15) is 49.3 Å². The maximum absolute atomic E-state index is 11.7. The van der Waals surface area contributed by atoms with Crippen molar-refractivity contribution in [2.75, 3.05) is 13.1 Å². The van der Waals surface area contributed by atoms with Gasteiger partial charge < -0.3 is 21.1 Å². The van der Waals surface area contributed by atoms with Crippen LogP contribution in [0.4, 0.5) is 4.79 Å². The van der Waals surface area contributed by atoms with Crippen LogP contribution in [0.2, 0.25) is 0 Å². The van der Waals surface area contributed by atoms with E-state index < -0.39 is 6.10 Å².